The summed E-state index contributed by atoms with van der Waals surface area (Å²) in [4.78, 5) is 28.0. The first-order valence-corrected chi connectivity index (χ1v) is 11.7. The summed E-state index contributed by atoms with van der Waals surface area (Å²) in [5.41, 5.74) is 13.0. The molecular formula is C26H27N9O. The molecule has 0 aliphatic carbocycles. The topological polar surface area (TPSA) is 139 Å². The minimum Gasteiger partial charge on any atom is -0.384 e. The Morgan fingerprint density at radius 1 is 1.06 bits per heavy atom. The second kappa shape index (κ2) is 9.87. The summed E-state index contributed by atoms with van der Waals surface area (Å²) < 4.78 is 1.76. The Kier molecular flexibility index (Phi) is 6.31. The number of anilines is 2. The molecule has 10 heteroatoms. The molecule has 4 heterocycles. The molecule has 0 saturated carbocycles. The molecule has 5 N–H and O–H groups in total. The summed E-state index contributed by atoms with van der Waals surface area (Å²) >= 11 is 0. The molecule has 0 fully saturated rings. The van der Waals surface area contributed by atoms with Crippen molar-refractivity contribution in [2.45, 2.75) is 13.3 Å². The number of carbonyl (C=O) groups excluding carboxylic acids is 1. The fourth-order valence-electron chi connectivity index (χ4n) is 4.12. The van der Waals surface area contributed by atoms with E-state index >= 15 is 0 Å². The van der Waals surface area contributed by atoms with Crippen LogP contribution in [0.4, 0.5) is 11.6 Å². The van der Waals surface area contributed by atoms with Gasteiger partial charge in [-0.25, -0.2) is 15.0 Å². The van der Waals surface area contributed by atoms with Crippen LogP contribution in [0.5, 0.6) is 0 Å². The number of amides is 1. The van der Waals surface area contributed by atoms with Crippen LogP contribution in [0.25, 0.3) is 44.7 Å². The van der Waals surface area contributed by atoms with Crippen LogP contribution in [0.15, 0.2) is 61.2 Å². The fourth-order valence-corrected chi connectivity index (χ4v) is 4.12. The maximum Gasteiger partial charge on any atom is 0.221 e. The van der Waals surface area contributed by atoms with Crippen LogP contribution in [-0.2, 0) is 11.8 Å². The number of benzene rings is 1. The number of nitrogens with two attached hydrogens (primary N) is 1. The molecule has 0 spiro atoms. The number of hydrogen-bond donors (Lipinski definition) is 4. The number of carbonyl (C=O) groups is 1. The summed E-state index contributed by atoms with van der Waals surface area (Å²) in [6.07, 6.45) is 8.29. The third-order valence-corrected chi connectivity index (χ3v) is 5.83. The number of nitrogens with one attached hydrogen (secondary N) is 3. The first-order valence-electron chi connectivity index (χ1n) is 11.7. The van der Waals surface area contributed by atoms with E-state index in [0.717, 1.165) is 45.4 Å². The number of aromatic amines is 1. The van der Waals surface area contributed by atoms with E-state index in [-0.39, 0.29) is 11.9 Å². The average Bonchev–Trinajstić information content (AvgIpc) is 3.49. The van der Waals surface area contributed by atoms with Crippen molar-refractivity contribution in [1.29, 1.82) is 0 Å². The molecule has 182 valence electrons. The summed E-state index contributed by atoms with van der Waals surface area (Å²) in [6, 6.07) is 11.9. The highest BCUT2D eigenvalue weighted by Crippen LogP contribution is 2.33. The molecule has 1 amide bonds. The van der Waals surface area contributed by atoms with E-state index in [2.05, 4.69) is 41.7 Å². The zero-order valence-electron chi connectivity index (χ0n) is 20.1. The van der Waals surface area contributed by atoms with Crippen LogP contribution < -0.4 is 16.4 Å². The number of H-pyrrole nitrogens is 1. The van der Waals surface area contributed by atoms with Gasteiger partial charge in [0.1, 0.15) is 5.65 Å². The second-order valence-electron chi connectivity index (χ2n) is 8.53. The van der Waals surface area contributed by atoms with Crippen molar-refractivity contribution < 1.29 is 4.79 Å². The van der Waals surface area contributed by atoms with E-state index in [9.17, 15) is 4.79 Å². The number of rotatable bonds is 8. The van der Waals surface area contributed by atoms with Gasteiger partial charge in [0.25, 0.3) is 0 Å². The molecule has 4 aromatic heterocycles. The Bertz CT molecular complexity index is 1540. The van der Waals surface area contributed by atoms with Crippen molar-refractivity contribution in [1.82, 2.24) is 35.0 Å². The lowest BCUT2D eigenvalue weighted by Gasteiger charge is -2.13. The minimum absolute atomic E-state index is 0.0283. The van der Waals surface area contributed by atoms with Crippen LogP contribution >= 0.6 is 0 Å². The normalized spacial score (nSPS) is 11.1. The van der Waals surface area contributed by atoms with Gasteiger partial charge >= 0.3 is 0 Å². The minimum atomic E-state index is -0.0283. The number of nitrogen functional groups attached to an aromatic ring is 1. The van der Waals surface area contributed by atoms with E-state index in [1.165, 1.54) is 6.92 Å². The fraction of sp³-hybridized carbons (Fsp3) is 0.192. The number of nitrogens with zero attached hydrogens (tertiary/aromatic N) is 5. The monoisotopic (exact) mass is 481 g/mol. The number of aryl methyl sites for hydroxylation is 1. The molecule has 0 bridgehead atoms. The van der Waals surface area contributed by atoms with Crippen molar-refractivity contribution in [2.24, 2.45) is 7.05 Å². The third kappa shape index (κ3) is 4.88. The van der Waals surface area contributed by atoms with Gasteiger partial charge in [0, 0.05) is 79.0 Å². The summed E-state index contributed by atoms with van der Waals surface area (Å²) in [6.45, 7) is 2.84. The Morgan fingerprint density at radius 3 is 2.64 bits per heavy atom. The molecule has 10 nitrogen and oxygen atoms in total. The molecule has 0 aliphatic rings. The van der Waals surface area contributed by atoms with Crippen molar-refractivity contribution in [3.8, 4) is 33.6 Å². The maximum absolute atomic E-state index is 11.1. The quantitative estimate of drug-likeness (QED) is 0.248. The molecular weight excluding hydrogens is 454 g/mol. The Balaban J connectivity index is 1.47. The van der Waals surface area contributed by atoms with E-state index in [1.54, 1.807) is 4.68 Å². The van der Waals surface area contributed by atoms with Gasteiger partial charge in [0.2, 0.25) is 11.9 Å². The van der Waals surface area contributed by atoms with Gasteiger partial charge < -0.3 is 21.4 Å². The lowest BCUT2D eigenvalue weighted by atomic mass is 10.0. The van der Waals surface area contributed by atoms with E-state index in [0.29, 0.717) is 24.5 Å². The van der Waals surface area contributed by atoms with Crippen molar-refractivity contribution >= 4 is 28.6 Å². The van der Waals surface area contributed by atoms with Crippen molar-refractivity contribution in [3.05, 3.63) is 61.2 Å². The zero-order chi connectivity index (χ0) is 25.1. The Hall–Kier alpha value is -4.73. The van der Waals surface area contributed by atoms with Gasteiger partial charge in [0.15, 0.2) is 0 Å². The highest BCUT2D eigenvalue weighted by Gasteiger charge is 2.15. The largest absolute Gasteiger partial charge is 0.384 e. The molecule has 0 atom stereocenters. The van der Waals surface area contributed by atoms with Gasteiger partial charge in [-0.2, -0.15) is 5.10 Å². The summed E-state index contributed by atoms with van der Waals surface area (Å²) in [5.74, 6) is 0.160. The molecule has 0 unspecified atom stereocenters. The second-order valence-corrected chi connectivity index (χ2v) is 8.53. The lowest BCUT2D eigenvalue weighted by Crippen LogP contribution is -2.22. The molecule has 1 aromatic carbocycles. The number of fused-ring (bicyclic) bond motifs is 1. The predicted octanol–water partition coefficient (Wildman–Crippen LogP) is 3.61. The van der Waals surface area contributed by atoms with Gasteiger partial charge in [-0.05, 0) is 24.6 Å². The Labute approximate surface area is 208 Å². The van der Waals surface area contributed by atoms with E-state index in [4.69, 9.17) is 5.73 Å². The number of aromatic nitrogens is 6. The molecule has 5 aromatic rings. The van der Waals surface area contributed by atoms with E-state index < -0.39 is 0 Å². The van der Waals surface area contributed by atoms with Gasteiger partial charge in [-0.3, -0.25) is 9.48 Å². The smallest absolute Gasteiger partial charge is 0.221 e. The van der Waals surface area contributed by atoms with Crippen LogP contribution in [0.2, 0.25) is 0 Å². The maximum atomic E-state index is 11.1. The average molecular weight is 482 g/mol. The summed E-state index contributed by atoms with van der Waals surface area (Å²) in [5, 5.41) is 11.4. The molecule has 0 aliphatic heterocycles. The predicted molar refractivity (Wildman–Crippen MR) is 141 cm³/mol. The van der Waals surface area contributed by atoms with Crippen LogP contribution in [-0.4, -0.2) is 48.7 Å². The van der Waals surface area contributed by atoms with Crippen molar-refractivity contribution in [2.75, 3.05) is 24.1 Å². The summed E-state index contributed by atoms with van der Waals surface area (Å²) in [7, 11) is 1.89. The number of pyridine rings is 1. The van der Waals surface area contributed by atoms with E-state index in [1.807, 2.05) is 62.2 Å². The molecule has 0 saturated heterocycles. The van der Waals surface area contributed by atoms with Gasteiger partial charge in [-0.1, -0.05) is 18.2 Å². The highest BCUT2D eigenvalue weighted by atomic mass is 16.1. The molecule has 36 heavy (non-hydrogen) atoms. The number of para-hydroxylation sites is 1. The Morgan fingerprint density at radius 2 is 1.86 bits per heavy atom. The standard InChI is InChI=1S/C26H27N9O/c1-16(36)28-8-5-9-29-22-7-4-3-6-19(22)23-11-24(34-26(27)33-23)21-14-31-25-20(21)10-17(12-30-25)18-13-32-35(2)15-18/h3-4,6-7,10-15,29H,5,8-9H2,1-2H3,(H,28,36)(H,30,31)(H2,27,33,34). The van der Waals surface area contributed by atoms with Gasteiger partial charge in [-0.15, -0.1) is 0 Å². The SMILES string of the molecule is CC(=O)NCCCNc1ccccc1-c1cc(-c2c[nH]c3ncc(-c4cnn(C)c4)cc23)nc(N)n1. The first kappa shape index (κ1) is 23.0. The third-order valence-electron chi connectivity index (χ3n) is 5.83. The molecule has 0 radical (unpaired) electrons. The van der Waals surface area contributed by atoms with Crippen molar-refractivity contribution in [3.63, 3.8) is 0 Å². The lowest BCUT2D eigenvalue weighted by molar-refractivity contribution is -0.118. The van der Waals surface area contributed by atoms with Crippen LogP contribution in [0, 0.1) is 0 Å². The first-order chi connectivity index (χ1) is 17.5. The number of hydrogen-bond acceptors (Lipinski definition) is 7. The van der Waals surface area contributed by atoms with Crippen LogP contribution in [0.3, 0.4) is 0 Å². The van der Waals surface area contributed by atoms with Gasteiger partial charge in [0.05, 0.1) is 17.6 Å². The zero-order valence-corrected chi connectivity index (χ0v) is 20.1. The highest BCUT2D eigenvalue weighted by molar-refractivity contribution is 5.95. The molecule has 5 rings (SSSR count). The van der Waals surface area contributed by atoms with Crippen LogP contribution in [0.1, 0.15) is 13.3 Å².